The monoisotopic (exact) mass is 267 g/mol. The molecule has 3 atom stereocenters. The van der Waals surface area contributed by atoms with Gasteiger partial charge in [0, 0.05) is 13.0 Å². The Morgan fingerprint density at radius 2 is 2.21 bits per heavy atom. The summed E-state index contributed by atoms with van der Waals surface area (Å²) in [5.74, 6) is 3.29. The van der Waals surface area contributed by atoms with Crippen molar-refractivity contribution >= 4 is 0 Å². The molecule has 110 valence electrons. The van der Waals surface area contributed by atoms with Crippen LogP contribution in [0.3, 0.4) is 0 Å². The van der Waals surface area contributed by atoms with E-state index in [0.717, 1.165) is 25.8 Å². The number of hydrogen-bond donors (Lipinski definition) is 2. The van der Waals surface area contributed by atoms with E-state index in [1.165, 1.54) is 25.7 Å². The highest BCUT2D eigenvalue weighted by atomic mass is 16.5. The molecule has 0 aromatic carbocycles. The highest BCUT2D eigenvalue weighted by Gasteiger charge is 2.24. The Labute approximate surface area is 118 Å². The predicted molar refractivity (Wildman–Crippen MR) is 78.9 cm³/mol. The lowest BCUT2D eigenvalue weighted by Crippen LogP contribution is -2.35. The summed E-state index contributed by atoms with van der Waals surface area (Å²) in [6, 6.07) is 0. The Balaban J connectivity index is 2.08. The number of nitrogens with one attached hydrogen (secondary N) is 1. The van der Waals surface area contributed by atoms with Gasteiger partial charge in [-0.3, -0.25) is 0 Å². The molecule has 0 saturated heterocycles. The molecule has 1 aliphatic rings. The molecule has 1 fully saturated rings. The summed E-state index contributed by atoms with van der Waals surface area (Å²) in [5, 5.41) is 13.1. The maximum atomic E-state index is 9.87. The quantitative estimate of drug-likeness (QED) is 0.498. The van der Waals surface area contributed by atoms with E-state index in [0.29, 0.717) is 25.2 Å². The van der Waals surface area contributed by atoms with E-state index in [4.69, 9.17) is 11.2 Å². The summed E-state index contributed by atoms with van der Waals surface area (Å²) in [6.45, 7) is 4.13. The fourth-order valence-electron chi connectivity index (χ4n) is 2.74. The van der Waals surface area contributed by atoms with E-state index in [1.807, 2.05) is 0 Å². The van der Waals surface area contributed by atoms with Crippen LogP contribution in [-0.2, 0) is 4.74 Å². The van der Waals surface area contributed by atoms with Crippen molar-refractivity contribution in [1.82, 2.24) is 5.32 Å². The Hall–Kier alpha value is -0.560. The molecule has 3 nitrogen and oxygen atoms in total. The molecule has 0 aromatic rings. The van der Waals surface area contributed by atoms with Crippen molar-refractivity contribution in [3.05, 3.63) is 0 Å². The molecule has 0 radical (unpaired) electrons. The minimum Gasteiger partial charge on any atom is -0.389 e. The fourth-order valence-corrected chi connectivity index (χ4v) is 2.74. The maximum absolute atomic E-state index is 9.87. The summed E-state index contributed by atoms with van der Waals surface area (Å²) >= 11 is 0. The van der Waals surface area contributed by atoms with E-state index in [2.05, 4.69) is 18.2 Å². The van der Waals surface area contributed by atoms with Crippen molar-refractivity contribution in [2.24, 2.45) is 5.92 Å². The number of rotatable bonds is 9. The Morgan fingerprint density at radius 3 is 2.95 bits per heavy atom. The van der Waals surface area contributed by atoms with Gasteiger partial charge in [-0.2, -0.15) is 0 Å². The van der Waals surface area contributed by atoms with Gasteiger partial charge < -0.3 is 15.2 Å². The van der Waals surface area contributed by atoms with E-state index in [-0.39, 0.29) is 0 Å². The van der Waals surface area contributed by atoms with Crippen LogP contribution in [0.15, 0.2) is 0 Å². The van der Waals surface area contributed by atoms with Crippen LogP contribution >= 0.6 is 0 Å². The van der Waals surface area contributed by atoms with Crippen molar-refractivity contribution in [3.8, 4) is 12.3 Å². The molecule has 0 aliphatic heterocycles. The second kappa shape index (κ2) is 10.3. The predicted octanol–water partition coefficient (Wildman–Crippen LogP) is 2.34. The number of ether oxygens (including phenoxy) is 1. The van der Waals surface area contributed by atoms with Crippen molar-refractivity contribution in [3.63, 3.8) is 0 Å². The smallest absolute Gasteiger partial charge is 0.0897 e. The van der Waals surface area contributed by atoms with Gasteiger partial charge in [-0.05, 0) is 31.7 Å². The number of aliphatic hydroxyl groups excluding tert-OH is 1. The van der Waals surface area contributed by atoms with Crippen LogP contribution in [-0.4, -0.2) is 37.0 Å². The summed E-state index contributed by atoms with van der Waals surface area (Å²) in [4.78, 5) is 0. The zero-order valence-corrected chi connectivity index (χ0v) is 12.2. The lowest BCUT2D eigenvalue weighted by Gasteiger charge is -2.31. The van der Waals surface area contributed by atoms with Crippen LogP contribution in [0.2, 0.25) is 0 Å². The second-order valence-corrected chi connectivity index (χ2v) is 5.49. The van der Waals surface area contributed by atoms with Crippen molar-refractivity contribution < 1.29 is 9.84 Å². The Morgan fingerprint density at radius 1 is 1.42 bits per heavy atom. The topological polar surface area (TPSA) is 41.5 Å². The average Bonchev–Trinajstić information content (AvgIpc) is 2.45. The Kier molecular flexibility index (Phi) is 8.90. The van der Waals surface area contributed by atoms with Crippen LogP contribution in [0.5, 0.6) is 0 Å². The van der Waals surface area contributed by atoms with E-state index in [1.54, 1.807) is 0 Å². The lowest BCUT2D eigenvalue weighted by atomic mass is 9.85. The first-order chi connectivity index (χ1) is 9.27. The molecule has 3 unspecified atom stereocenters. The first-order valence-electron chi connectivity index (χ1n) is 7.71. The third-order valence-corrected chi connectivity index (χ3v) is 3.92. The number of hydrogen-bond acceptors (Lipinski definition) is 3. The molecule has 2 N–H and O–H groups in total. The minimum absolute atomic E-state index is 0.356. The minimum atomic E-state index is -0.412. The largest absolute Gasteiger partial charge is 0.389 e. The molecule has 3 heteroatoms. The van der Waals surface area contributed by atoms with Crippen LogP contribution < -0.4 is 5.32 Å². The van der Waals surface area contributed by atoms with E-state index in [9.17, 15) is 5.11 Å². The van der Waals surface area contributed by atoms with E-state index < -0.39 is 6.10 Å². The zero-order valence-electron chi connectivity index (χ0n) is 12.2. The van der Waals surface area contributed by atoms with Gasteiger partial charge in [0.05, 0.1) is 18.8 Å². The molecular weight excluding hydrogens is 238 g/mol. The van der Waals surface area contributed by atoms with Gasteiger partial charge in [0.25, 0.3) is 0 Å². The standard InChI is InChI=1S/C16H29NO2/c1-3-5-8-11-17-12-15(18)13-19-16-10-7-6-9-14(16)4-2/h1,14-18H,4-13H2,2H3. The molecule has 0 amide bonds. The third-order valence-electron chi connectivity index (χ3n) is 3.92. The molecule has 19 heavy (non-hydrogen) atoms. The maximum Gasteiger partial charge on any atom is 0.0897 e. The number of aliphatic hydroxyl groups is 1. The third kappa shape index (κ3) is 6.96. The second-order valence-electron chi connectivity index (χ2n) is 5.49. The van der Waals surface area contributed by atoms with E-state index >= 15 is 0 Å². The highest BCUT2D eigenvalue weighted by Crippen LogP contribution is 2.29. The van der Waals surface area contributed by atoms with Crippen molar-refractivity contribution in [1.29, 1.82) is 0 Å². The first-order valence-corrected chi connectivity index (χ1v) is 7.71. The summed E-state index contributed by atoms with van der Waals surface area (Å²) in [5.41, 5.74) is 0. The zero-order chi connectivity index (χ0) is 13.9. The number of terminal acetylenes is 1. The SMILES string of the molecule is C#CCCCNCC(O)COC1CCCCC1CC. The van der Waals surface area contributed by atoms with Crippen LogP contribution in [0.4, 0.5) is 0 Å². The van der Waals surface area contributed by atoms with Gasteiger partial charge in [0.15, 0.2) is 0 Å². The first kappa shape index (κ1) is 16.5. The van der Waals surface area contributed by atoms with Gasteiger partial charge in [-0.15, -0.1) is 12.3 Å². The van der Waals surface area contributed by atoms with Crippen LogP contribution in [0.25, 0.3) is 0 Å². The van der Waals surface area contributed by atoms with Crippen molar-refractivity contribution in [2.75, 3.05) is 19.7 Å². The summed E-state index contributed by atoms with van der Waals surface area (Å²) in [6.07, 6.45) is 13.1. The van der Waals surface area contributed by atoms with Gasteiger partial charge in [0.1, 0.15) is 0 Å². The van der Waals surface area contributed by atoms with Gasteiger partial charge >= 0.3 is 0 Å². The molecule has 0 bridgehead atoms. The lowest BCUT2D eigenvalue weighted by molar-refractivity contribution is -0.0498. The van der Waals surface area contributed by atoms with Crippen LogP contribution in [0, 0.1) is 18.3 Å². The number of unbranched alkanes of at least 4 members (excludes halogenated alkanes) is 1. The molecule has 0 aromatic heterocycles. The normalized spacial score (nSPS) is 24.9. The molecular formula is C16H29NO2. The molecule has 0 spiro atoms. The van der Waals surface area contributed by atoms with Gasteiger partial charge in [-0.1, -0.05) is 26.2 Å². The Bertz CT molecular complexity index is 262. The molecule has 1 rings (SSSR count). The molecule has 1 aliphatic carbocycles. The summed E-state index contributed by atoms with van der Waals surface area (Å²) in [7, 11) is 0. The fraction of sp³-hybridized carbons (Fsp3) is 0.875. The van der Waals surface area contributed by atoms with Gasteiger partial charge in [0.2, 0.25) is 0 Å². The molecule has 0 heterocycles. The average molecular weight is 267 g/mol. The highest BCUT2D eigenvalue weighted by molar-refractivity contribution is 4.83. The van der Waals surface area contributed by atoms with Crippen molar-refractivity contribution in [2.45, 2.75) is 64.1 Å². The van der Waals surface area contributed by atoms with Crippen LogP contribution in [0.1, 0.15) is 51.9 Å². The molecule has 1 saturated carbocycles. The van der Waals surface area contributed by atoms with Gasteiger partial charge in [-0.25, -0.2) is 0 Å². The summed E-state index contributed by atoms with van der Waals surface area (Å²) < 4.78 is 5.90.